The number of nitrogens with zero attached hydrogens (tertiary/aromatic N) is 2. The molecule has 0 N–H and O–H groups in total. The largest absolute Gasteiger partial charge is 0.467 e. The maximum absolute atomic E-state index is 13.9. The van der Waals surface area contributed by atoms with E-state index < -0.39 is 29.4 Å². The van der Waals surface area contributed by atoms with Gasteiger partial charge in [0, 0.05) is 31.8 Å². The Morgan fingerprint density at radius 3 is 2.57 bits per heavy atom. The van der Waals surface area contributed by atoms with Gasteiger partial charge < -0.3 is 4.74 Å². The second-order valence-electron chi connectivity index (χ2n) is 6.36. The second-order valence-corrected chi connectivity index (χ2v) is 6.36. The van der Waals surface area contributed by atoms with Gasteiger partial charge in [0.2, 0.25) is 0 Å². The summed E-state index contributed by atoms with van der Waals surface area (Å²) in [6, 6.07) is 4.58. The quantitative estimate of drug-likeness (QED) is 0.351. The molecule has 0 saturated carbocycles. The maximum atomic E-state index is 13.9. The minimum absolute atomic E-state index is 0.0602. The molecule has 0 unspecified atom stereocenters. The van der Waals surface area contributed by atoms with Gasteiger partial charge in [-0.3, -0.25) is 14.7 Å². The smallest absolute Gasteiger partial charge is 0.293 e. The number of likely N-dealkylation sites (N-methyl/N-ethyl adjacent to an activating group) is 1. The fourth-order valence-electron chi connectivity index (χ4n) is 2.70. The molecule has 0 atom stereocenters. The molecule has 9 heteroatoms. The predicted molar refractivity (Wildman–Crippen MR) is 92.5 cm³/mol. The summed E-state index contributed by atoms with van der Waals surface area (Å²) in [6.45, 7) is 1.44. The summed E-state index contributed by atoms with van der Waals surface area (Å²) in [5.41, 5.74) is -0.491. The van der Waals surface area contributed by atoms with Crippen molar-refractivity contribution in [1.82, 2.24) is 9.88 Å². The van der Waals surface area contributed by atoms with E-state index in [1.165, 1.54) is 12.1 Å². The van der Waals surface area contributed by atoms with E-state index in [0.717, 1.165) is 18.3 Å². The fraction of sp³-hybridized carbons (Fsp3) is 0.368. The number of pyridine rings is 1. The van der Waals surface area contributed by atoms with Gasteiger partial charge in [0.25, 0.3) is 18.8 Å². The zero-order valence-corrected chi connectivity index (χ0v) is 15.3. The number of carbonyl (C=O) groups excluding carboxylic acids is 1. The molecule has 4 nitrogen and oxygen atoms in total. The molecule has 0 saturated heterocycles. The molecule has 1 aromatic carbocycles. The summed E-state index contributed by atoms with van der Waals surface area (Å²) < 4.78 is 71.9. The van der Waals surface area contributed by atoms with Gasteiger partial charge in [-0.2, -0.15) is 8.78 Å². The van der Waals surface area contributed by atoms with Gasteiger partial charge in [0.05, 0.1) is 5.56 Å². The van der Waals surface area contributed by atoms with Crippen molar-refractivity contribution < 1.29 is 31.5 Å². The summed E-state index contributed by atoms with van der Waals surface area (Å²) in [4.78, 5) is 15.7. The SMILES string of the molecule is CN(CCOC=O)Cc1cc(-c2ccc(F)c(C(F)F)c2)cnc1C(C)(F)F. The lowest BCUT2D eigenvalue weighted by Gasteiger charge is -2.21. The van der Waals surface area contributed by atoms with E-state index >= 15 is 0 Å². The molecule has 1 aromatic heterocycles. The van der Waals surface area contributed by atoms with Crippen LogP contribution in [0.1, 0.15) is 30.2 Å². The number of hydrogen-bond acceptors (Lipinski definition) is 4. The van der Waals surface area contributed by atoms with Crippen molar-refractivity contribution in [3.8, 4) is 11.1 Å². The van der Waals surface area contributed by atoms with Crippen LogP contribution in [0.15, 0.2) is 30.5 Å². The predicted octanol–water partition coefficient (Wildman–Crippen LogP) is 4.54. The first-order chi connectivity index (χ1) is 13.1. The third kappa shape index (κ3) is 5.48. The Balaban J connectivity index is 2.40. The number of rotatable bonds is 9. The normalized spacial score (nSPS) is 11.9. The number of alkyl halides is 4. The molecule has 0 radical (unpaired) electrons. The van der Waals surface area contributed by atoms with Crippen molar-refractivity contribution in [2.24, 2.45) is 0 Å². The van der Waals surface area contributed by atoms with Gasteiger partial charge in [-0.15, -0.1) is 0 Å². The van der Waals surface area contributed by atoms with Crippen LogP contribution in [0.25, 0.3) is 11.1 Å². The Kier molecular flexibility index (Phi) is 7.06. The van der Waals surface area contributed by atoms with Gasteiger partial charge in [0.1, 0.15) is 18.1 Å². The first-order valence-corrected chi connectivity index (χ1v) is 8.32. The monoisotopic (exact) mass is 402 g/mol. The average molecular weight is 402 g/mol. The zero-order chi connectivity index (χ0) is 20.9. The van der Waals surface area contributed by atoms with Gasteiger partial charge in [0.15, 0.2) is 0 Å². The lowest BCUT2D eigenvalue weighted by atomic mass is 10.00. The van der Waals surface area contributed by atoms with Crippen LogP contribution in [-0.4, -0.2) is 36.6 Å². The maximum Gasteiger partial charge on any atom is 0.293 e. The number of ether oxygens (including phenoxy) is 1. The van der Waals surface area contributed by atoms with E-state index in [-0.39, 0.29) is 30.8 Å². The number of halogens is 5. The highest BCUT2D eigenvalue weighted by atomic mass is 19.3. The zero-order valence-electron chi connectivity index (χ0n) is 15.3. The highest BCUT2D eigenvalue weighted by Gasteiger charge is 2.30. The van der Waals surface area contributed by atoms with Gasteiger partial charge in [-0.05, 0) is 36.4 Å². The molecule has 0 fully saturated rings. The Labute approximate surface area is 158 Å². The van der Waals surface area contributed by atoms with Crippen molar-refractivity contribution in [3.63, 3.8) is 0 Å². The van der Waals surface area contributed by atoms with E-state index in [1.54, 1.807) is 11.9 Å². The van der Waals surface area contributed by atoms with Crippen molar-refractivity contribution in [3.05, 3.63) is 53.1 Å². The molecular formula is C19H19F5N2O2. The lowest BCUT2D eigenvalue weighted by Crippen LogP contribution is -2.25. The number of hydrogen-bond donors (Lipinski definition) is 0. The number of aromatic nitrogens is 1. The molecule has 0 spiro atoms. The minimum Gasteiger partial charge on any atom is -0.467 e. The van der Waals surface area contributed by atoms with Gasteiger partial charge in [-0.1, -0.05) is 6.07 Å². The van der Waals surface area contributed by atoms with Crippen LogP contribution >= 0.6 is 0 Å². The third-order valence-electron chi connectivity index (χ3n) is 4.05. The summed E-state index contributed by atoms with van der Waals surface area (Å²) in [5, 5.41) is 0. The van der Waals surface area contributed by atoms with Crippen LogP contribution in [0.3, 0.4) is 0 Å². The van der Waals surface area contributed by atoms with E-state index in [0.29, 0.717) is 19.0 Å². The topological polar surface area (TPSA) is 42.4 Å². The van der Waals surface area contributed by atoms with Crippen LogP contribution in [0, 0.1) is 5.82 Å². The van der Waals surface area contributed by atoms with Gasteiger partial charge >= 0.3 is 0 Å². The molecule has 0 aliphatic rings. The average Bonchev–Trinajstić information content (AvgIpc) is 2.61. The Bertz CT molecular complexity index is 824. The summed E-state index contributed by atoms with van der Waals surface area (Å²) in [7, 11) is 1.64. The minimum atomic E-state index is -3.22. The lowest BCUT2D eigenvalue weighted by molar-refractivity contribution is -0.129. The Morgan fingerprint density at radius 1 is 1.25 bits per heavy atom. The van der Waals surface area contributed by atoms with E-state index in [4.69, 9.17) is 0 Å². The molecule has 2 rings (SSSR count). The van der Waals surface area contributed by atoms with Crippen LogP contribution in [0.2, 0.25) is 0 Å². The fourth-order valence-corrected chi connectivity index (χ4v) is 2.70. The molecule has 0 amide bonds. The molecule has 0 bridgehead atoms. The molecule has 152 valence electrons. The van der Waals surface area contributed by atoms with Crippen molar-refractivity contribution in [2.45, 2.75) is 25.8 Å². The van der Waals surface area contributed by atoms with Crippen molar-refractivity contribution >= 4 is 6.47 Å². The standard InChI is InChI=1S/C19H19F5N2O2/c1-19(23,24)17-14(10-26(2)5-6-28-11-27)7-13(9-25-17)12-3-4-16(20)15(8-12)18(21)22/h3-4,7-9,11,18H,5-6,10H2,1-2H3. The Hall–Kier alpha value is -2.55. The number of carbonyl (C=O) groups is 1. The molecule has 2 aromatic rings. The first-order valence-electron chi connectivity index (χ1n) is 8.32. The highest BCUT2D eigenvalue weighted by molar-refractivity contribution is 5.64. The second kappa shape index (κ2) is 9.09. The van der Waals surface area contributed by atoms with Crippen molar-refractivity contribution in [2.75, 3.05) is 20.2 Å². The van der Waals surface area contributed by atoms with E-state index in [1.807, 2.05) is 0 Å². The first kappa shape index (κ1) is 21.7. The summed E-state index contributed by atoms with van der Waals surface area (Å²) >= 11 is 0. The van der Waals surface area contributed by atoms with Gasteiger partial charge in [-0.25, -0.2) is 13.2 Å². The summed E-state index contributed by atoms with van der Waals surface area (Å²) in [5.74, 6) is -4.26. The van der Waals surface area contributed by atoms with Crippen molar-refractivity contribution in [1.29, 1.82) is 0 Å². The van der Waals surface area contributed by atoms with E-state index in [2.05, 4.69) is 9.72 Å². The number of benzene rings is 1. The molecule has 0 aliphatic heterocycles. The molecular weight excluding hydrogens is 383 g/mol. The molecule has 28 heavy (non-hydrogen) atoms. The van der Waals surface area contributed by atoms with Crippen LogP contribution < -0.4 is 0 Å². The van der Waals surface area contributed by atoms with E-state index in [9.17, 15) is 26.7 Å². The summed E-state index contributed by atoms with van der Waals surface area (Å²) in [6.07, 6.45) is -1.86. The molecule has 0 aliphatic carbocycles. The third-order valence-corrected chi connectivity index (χ3v) is 4.05. The van der Waals surface area contributed by atoms with Crippen LogP contribution in [-0.2, 0) is 22.0 Å². The highest BCUT2D eigenvalue weighted by Crippen LogP contribution is 2.33. The Morgan fingerprint density at radius 2 is 1.96 bits per heavy atom. The van der Waals surface area contributed by atoms with Crippen LogP contribution in [0.4, 0.5) is 22.0 Å². The van der Waals surface area contributed by atoms with Crippen LogP contribution in [0.5, 0.6) is 0 Å². The molecule has 1 heterocycles.